The van der Waals surface area contributed by atoms with Crippen LogP contribution in [-0.2, 0) is 0 Å². The van der Waals surface area contributed by atoms with Crippen LogP contribution in [-0.4, -0.2) is 44.5 Å². The molecule has 0 amide bonds. The molecule has 3 aromatic carbocycles. The van der Waals surface area contributed by atoms with Gasteiger partial charge in [0.25, 0.3) is 0 Å². The molecule has 0 aromatic heterocycles. The Balaban J connectivity index is 0.00000616. The van der Waals surface area contributed by atoms with Crippen LogP contribution in [0.4, 0.5) is 0 Å². The van der Waals surface area contributed by atoms with Gasteiger partial charge in [0, 0.05) is 6.54 Å². The molecule has 1 unspecified atom stereocenters. The molecule has 0 fully saturated rings. The summed E-state index contributed by atoms with van der Waals surface area (Å²) in [5.74, 6) is 0.932. The minimum Gasteiger partial charge on any atom is -1.00 e. The van der Waals surface area contributed by atoms with Crippen molar-refractivity contribution in [1.82, 2.24) is 4.90 Å². The van der Waals surface area contributed by atoms with Crippen molar-refractivity contribution in [2.24, 2.45) is 0 Å². The number of likely N-dealkylation sites (N-methyl/N-ethyl adjacent to an activating group) is 1. The van der Waals surface area contributed by atoms with Crippen molar-refractivity contribution >= 4 is 19.7 Å². The lowest BCUT2D eigenvalue weighted by molar-refractivity contribution is -0.00000900. The summed E-state index contributed by atoms with van der Waals surface area (Å²) in [6, 6.07) is 30.7. The number of benzene rings is 3. The first-order chi connectivity index (χ1) is 20.2. The van der Waals surface area contributed by atoms with E-state index in [2.05, 4.69) is 111 Å². The third kappa shape index (κ3) is 14.0. The highest BCUT2D eigenvalue weighted by Crippen LogP contribution is 2.36. The van der Waals surface area contributed by atoms with E-state index >= 15 is 0 Å². The van der Waals surface area contributed by atoms with Gasteiger partial charge in [-0.1, -0.05) is 118 Å². The molecule has 4 heteroatoms. The summed E-state index contributed by atoms with van der Waals surface area (Å²) < 4.78 is 6.00. The second-order valence-electron chi connectivity index (χ2n) is 11.6. The van der Waals surface area contributed by atoms with Crippen molar-refractivity contribution in [2.75, 3.05) is 39.6 Å². The number of halogens is 1. The van der Waals surface area contributed by atoms with Crippen molar-refractivity contribution in [1.29, 1.82) is 0 Å². The maximum Gasteiger partial charge on any atom is 0.119 e. The highest BCUT2D eigenvalue weighted by atomic mass is 79.9. The highest BCUT2D eigenvalue weighted by molar-refractivity contribution is 7.37. The van der Waals surface area contributed by atoms with E-state index in [1.807, 2.05) is 0 Å². The fraction of sp³-hybridized carbons (Fsp3) is 0.474. The van der Waals surface area contributed by atoms with Crippen LogP contribution in [0.5, 0.6) is 5.75 Å². The van der Waals surface area contributed by atoms with Crippen molar-refractivity contribution in [3.05, 3.63) is 102 Å². The fourth-order valence-corrected chi connectivity index (χ4v) is 6.94. The van der Waals surface area contributed by atoms with E-state index in [-0.39, 0.29) is 17.0 Å². The van der Waals surface area contributed by atoms with E-state index in [0.717, 1.165) is 27.3 Å². The number of hydrogen-bond donors (Lipinski definition) is 0. The highest BCUT2D eigenvalue weighted by Gasteiger charge is 2.14. The predicted molar refractivity (Wildman–Crippen MR) is 185 cm³/mol. The van der Waals surface area contributed by atoms with E-state index in [1.54, 1.807) is 0 Å². The molecular formula is C38H55BrNOP. The largest absolute Gasteiger partial charge is 1.00 e. The third-order valence-electron chi connectivity index (χ3n) is 7.78. The molecule has 3 aromatic rings. The Hall–Kier alpha value is -1.93. The molecule has 0 radical (unpaired) electrons. The zero-order valence-electron chi connectivity index (χ0n) is 26.5. The maximum atomic E-state index is 6.00. The van der Waals surface area contributed by atoms with Crippen LogP contribution in [0.1, 0.15) is 94.2 Å². The van der Waals surface area contributed by atoms with Gasteiger partial charge in [0.2, 0.25) is 0 Å². The lowest BCUT2D eigenvalue weighted by Gasteiger charge is -2.18. The average Bonchev–Trinajstić information content (AvgIpc) is 3.00. The van der Waals surface area contributed by atoms with Gasteiger partial charge in [-0.15, -0.1) is 0 Å². The molecule has 3 rings (SSSR count). The number of hydrogen-bond acceptors (Lipinski definition) is 2. The number of unbranched alkanes of at least 4 members (excludes halogenated alkanes) is 8. The summed E-state index contributed by atoms with van der Waals surface area (Å²) in [5.41, 5.74) is 6.66. The standard InChI is InChI=1S/C38H54NOP.BrH/c1-4-5-31-41-32-19-11-9-7-6-8-10-18-24-37(33-20-14-12-15-21-33)38(34-22-16-13-17-23-34)35-25-27-36(28-26-35)40-30-29-39(2)3;/h12-17,20-23,25-28,41H,4-11,18-19,24,29-32H2,1-3H3;1H/b38-37-;. The molecule has 1 atom stereocenters. The molecule has 0 aliphatic rings. The SMILES string of the molecule is CCCC[PH2+]CCCCCCCCCC/C(=C(\c1ccccc1)c1ccc(OCCN(C)C)cc1)c1ccccc1.[Br-]. The Kier molecular flexibility index (Phi) is 19.5. The Bertz CT molecular complexity index is 1100. The van der Waals surface area contributed by atoms with E-state index < -0.39 is 0 Å². The van der Waals surface area contributed by atoms with E-state index in [0.29, 0.717) is 6.61 Å². The molecular weight excluding hydrogens is 597 g/mol. The molecule has 0 aliphatic carbocycles. The minimum absolute atomic E-state index is 0. The van der Waals surface area contributed by atoms with Crippen LogP contribution >= 0.6 is 8.58 Å². The van der Waals surface area contributed by atoms with E-state index in [4.69, 9.17) is 4.74 Å². The van der Waals surface area contributed by atoms with Crippen LogP contribution in [0, 0.1) is 0 Å². The van der Waals surface area contributed by atoms with Crippen LogP contribution < -0.4 is 21.7 Å². The summed E-state index contributed by atoms with van der Waals surface area (Å²) in [5, 5.41) is 0. The van der Waals surface area contributed by atoms with Gasteiger partial charge in [-0.05, 0) is 94.7 Å². The van der Waals surface area contributed by atoms with Gasteiger partial charge in [0.1, 0.15) is 12.4 Å². The van der Waals surface area contributed by atoms with Crippen molar-refractivity contribution in [2.45, 2.75) is 77.6 Å². The van der Waals surface area contributed by atoms with Crippen molar-refractivity contribution in [3.63, 3.8) is 0 Å². The normalized spacial score (nSPS) is 12.0. The summed E-state index contributed by atoms with van der Waals surface area (Å²) in [6.45, 7) is 3.92. The van der Waals surface area contributed by atoms with Gasteiger partial charge in [-0.25, -0.2) is 0 Å². The molecule has 0 heterocycles. The zero-order valence-corrected chi connectivity index (χ0v) is 29.2. The molecule has 0 saturated carbocycles. The second-order valence-corrected chi connectivity index (χ2v) is 13.3. The molecule has 230 valence electrons. The molecule has 0 bridgehead atoms. The van der Waals surface area contributed by atoms with Gasteiger partial charge in [-0.3, -0.25) is 0 Å². The molecule has 42 heavy (non-hydrogen) atoms. The summed E-state index contributed by atoms with van der Waals surface area (Å²) in [4.78, 5) is 2.15. The number of allylic oxidation sites excluding steroid dienone is 1. The van der Waals surface area contributed by atoms with Crippen molar-refractivity contribution < 1.29 is 21.7 Å². The molecule has 2 nitrogen and oxygen atoms in total. The van der Waals surface area contributed by atoms with E-state index in [9.17, 15) is 0 Å². The van der Waals surface area contributed by atoms with E-state index in [1.165, 1.54) is 104 Å². The van der Waals surface area contributed by atoms with Crippen LogP contribution in [0.2, 0.25) is 0 Å². The summed E-state index contributed by atoms with van der Waals surface area (Å²) in [7, 11) is 4.88. The van der Waals surface area contributed by atoms with Gasteiger partial charge in [0.05, 0.1) is 12.3 Å². The predicted octanol–water partition coefficient (Wildman–Crippen LogP) is 7.31. The number of ether oxygens (including phenoxy) is 1. The summed E-state index contributed by atoms with van der Waals surface area (Å²) in [6.07, 6.45) is 17.9. The lowest BCUT2D eigenvalue weighted by Crippen LogP contribution is -3.00. The first-order valence-corrected chi connectivity index (χ1v) is 17.9. The zero-order chi connectivity index (χ0) is 29.0. The van der Waals surface area contributed by atoms with Crippen LogP contribution in [0.25, 0.3) is 11.1 Å². The molecule has 0 N–H and O–H groups in total. The Morgan fingerprint density at radius 2 is 1.14 bits per heavy atom. The molecule has 0 saturated heterocycles. The third-order valence-corrected chi connectivity index (χ3v) is 9.42. The quantitative estimate of drug-likeness (QED) is 0.0680. The number of nitrogens with zero attached hydrogens (tertiary/aromatic N) is 1. The van der Waals surface area contributed by atoms with Gasteiger partial charge in [-0.2, -0.15) is 0 Å². The fourth-order valence-electron chi connectivity index (χ4n) is 5.38. The van der Waals surface area contributed by atoms with Gasteiger partial charge in [0.15, 0.2) is 0 Å². The topological polar surface area (TPSA) is 12.5 Å². The average molecular weight is 653 g/mol. The second kappa shape index (κ2) is 22.6. The monoisotopic (exact) mass is 651 g/mol. The first-order valence-electron chi connectivity index (χ1n) is 16.2. The van der Waals surface area contributed by atoms with Crippen LogP contribution in [0.3, 0.4) is 0 Å². The lowest BCUT2D eigenvalue weighted by atomic mass is 9.86. The maximum absolute atomic E-state index is 6.00. The minimum atomic E-state index is 0. The molecule has 0 aliphatic heterocycles. The first kappa shape index (κ1) is 36.3. The summed E-state index contributed by atoms with van der Waals surface area (Å²) >= 11 is 0. The number of rotatable bonds is 21. The Morgan fingerprint density at radius 3 is 1.74 bits per heavy atom. The molecule has 0 spiro atoms. The van der Waals surface area contributed by atoms with Gasteiger partial charge < -0.3 is 26.6 Å². The Morgan fingerprint density at radius 1 is 0.619 bits per heavy atom. The smallest absolute Gasteiger partial charge is 0.119 e. The van der Waals surface area contributed by atoms with Crippen molar-refractivity contribution in [3.8, 4) is 5.75 Å². The Labute approximate surface area is 269 Å². The van der Waals surface area contributed by atoms with Gasteiger partial charge >= 0.3 is 0 Å². The van der Waals surface area contributed by atoms with Crippen LogP contribution in [0.15, 0.2) is 84.9 Å².